The molecule has 3 rings (SSSR count). The summed E-state index contributed by atoms with van der Waals surface area (Å²) >= 11 is 3.32. The van der Waals surface area contributed by atoms with E-state index in [0.29, 0.717) is 15.4 Å². The number of halogens is 1. The molecule has 114 valence electrons. The quantitative estimate of drug-likeness (QED) is 0.839. The zero-order valence-corrected chi connectivity index (χ0v) is 13.6. The van der Waals surface area contributed by atoms with Crippen LogP contribution in [0, 0.1) is 0 Å². The summed E-state index contributed by atoms with van der Waals surface area (Å²) in [6, 6.07) is 7.15. The Hall–Kier alpha value is -2.53. The molecule has 0 radical (unpaired) electrons. The van der Waals surface area contributed by atoms with Crippen molar-refractivity contribution in [3.63, 3.8) is 0 Å². The fraction of sp³-hybridized carbons (Fsp3) is 0.0556. The number of para-hydroxylation sites is 1. The van der Waals surface area contributed by atoms with Crippen molar-refractivity contribution in [3.05, 3.63) is 70.9 Å². The number of carbonyl (C=O) groups excluding carboxylic acids is 2. The average molecular weight is 370 g/mol. The summed E-state index contributed by atoms with van der Waals surface area (Å²) in [4.78, 5) is 29.4. The van der Waals surface area contributed by atoms with Gasteiger partial charge in [0, 0.05) is 16.5 Å². The average Bonchev–Trinajstić information content (AvgIpc) is 2.80. The second-order valence-electron chi connectivity index (χ2n) is 5.07. The molecule has 23 heavy (non-hydrogen) atoms. The molecule has 1 N–H and O–H groups in total. The van der Waals surface area contributed by atoms with Crippen LogP contribution in [-0.2, 0) is 9.59 Å². The molecule has 0 unspecified atom stereocenters. The Morgan fingerprint density at radius 3 is 2.22 bits per heavy atom. The van der Waals surface area contributed by atoms with Crippen LogP contribution in [0.4, 0.5) is 0 Å². The van der Waals surface area contributed by atoms with E-state index in [0.717, 1.165) is 0 Å². The first-order chi connectivity index (χ1) is 11.0. The molecular weight excluding hydrogens is 358 g/mol. The fourth-order valence-electron chi connectivity index (χ4n) is 2.75. The third-order valence-electron chi connectivity index (χ3n) is 3.86. The molecule has 1 aliphatic rings. The number of hydrogen-bond acceptors (Lipinski definition) is 4. The van der Waals surface area contributed by atoms with Crippen LogP contribution < -0.4 is 0 Å². The van der Waals surface area contributed by atoms with Gasteiger partial charge in [-0.1, -0.05) is 43.5 Å². The van der Waals surface area contributed by atoms with Crippen LogP contribution >= 0.6 is 15.9 Å². The Labute approximate surface area is 141 Å². The molecule has 0 saturated heterocycles. The van der Waals surface area contributed by atoms with Gasteiger partial charge in [-0.25, -0.2) is 4.98 Å². The summed E-state index contributed by atoms with van der Waals surface area (Å²) in [6.45, 7) is 7.15. The minimum atomic E-state index is -1.17. The highest BCUT2D eigenvalue weighted by Gasteiger charge is 2.42. The maximum Gasteiger partial charge on any atom is 0.180 e. The number of fused-ring (bicyclic) bond motifs is 1. The standard InChI is InChI=1S/C18H12BrNO3/c1-3-9-10(4-2)17(22)13(16(9)21)15-18(23)14(19)11-7-5-6-8-12(11)20-15/h3-8,13,23H,1-2H2. The van der Waals surface area contributed by atoms with E-state index in [-0.39, 0.29) is 22.6 Å². The fourth-order valence-corrected chi connectivity index (χ4v) is 3.28. The first kappa shape index (κ1) is 15.4. The summed E-state index contributed by atoms with van der Waals surface area (Å²) in [7, 11) is 0. The number of rotatable bonds is 3. The van der Waals surface area contributed by atoms with Crippen LogP contribution in [0.1, 0.15) is 11.6 Å². The topological polar surface area (TPSA) is 67.3 Å². The lowest BCUT2D eigenvalue weighted by Crippen LogP contribution is -2.17. The van der Waals surface area contributed by atoms with Crippen molar-refractivity contribution < 1.29 is 14.7 Å². The summed E-state index contributed by atoms with van der Waals surface area (Å²) in [5.74, 6) is -2.23. The maximum absolute atomic E-state index is 12.6. The highest BCUT2D eigenvalue weighted by Crippen LogP contribution is 2.41. The van der Waals surface area contributed by atoms with Gasteiger partial charge in [0.2, 0.25) is 0 Å². The Balaban J connectivity index is 2.25. The van der Waals surface area contributed by atoms with Crippen LogP contribution in [0.15, 0.2) is 65.2 Å². The van der Waals surface area contributed by atoms with Gasteiger partial charge in [-0.2, -0.15) is 0 Å². The minimum absolute atomic E-state index is 0.0433. The van der Waals surface area contributed by atoms with Gasteiger partial charge in [0.15, 0.2) is 17.3 Å². The van der Waals surface area contributed by atoms with Crippen LogP contribution in [0.3, 0.4) is 0 Å². The van der Waals surface area contributed by atoms with E-state index < -0.39 is 17.5 Å². The highest BCUT2D eigenvalue weighted by atomic mass is 79.9. The zero-order valence-electron chi connectivity index (χ0n) is 12.0. The molecule has 0 atom stereocenters. The van der Waals surface area contributed by atoms with Gasteiger partial charge in [-0.15, -0.1) is 0 Å². The Kier molecular flexibility index (Phi) is 3.74. The van der Waals surface area contributed by atoms with Crippen molar-refractivity contribution in [2.45, 2.75) is 5.92 Å². The predicted octanol–water partition coefficient (Wildman–Crippen LogP) is 3.61. The number of carbonyl (C=O) groups is 2. The van der Waals surface area contributed by atoms with E-state index in [4.69, 9.17) is 0 Å². The second kappa shape index (κ2) is 5.59. The molecule has 0 amide bonds. The van der Waals surface area contributed by atoms with Gasteiger partial charge in [0.25, 0.3) is 0 Å². The van der Waals surface area contributed by atoms with E-state index in [9.17, 15) is 14.7 Å². The van der Waals surface area contributed by atoms with E-state index in [1.165, 1.54) is 12.2 Å². The third-order valence-corrected chi connectivity index (χ3v) is 4.66. The van der Waals surface area contributed by atoms with Crippen molar-refractivity contribution in [1.82, 2.24) is 4.98 Å². The lowest BCUT2D eigenvalue weighted by atomic mass is 9.96. The SMILES string of the molecule is C=CC1=C(C=C)C(=O)C(c2nc3ccccc3c(Br)c2O)C1=O. The molecule has 1 heterocycles. The molecule has 1 aromatic carbocycles. The maximum atomic E-state index is 12.6. The summed E-state index contributed by atoms with van der Waals surface area (Å²) < 4.78 is 0.408. The molecule has 4 nitrogen and oxygen atoms in total. The van der Waals surface area contributed by atoms with Crippen molar-refractivity contribution in [1.29, 1.82) is 0 Å². The number of hydrogen-bond donors (Lipinski definition) is 1. The molecule has 1 aliphatic carbocycles. The number of Topliss-reactive ketones (excluding diaryl/α,β-unsaturated/α-hetero) is 2. The largest absolute Gasteiger partial charge is 0.505 e. The van der Waals surface area contributed by atoms with Crippen molar-refractivity contribution >= 4 is 38.4 Å². The smallest absolute Gasteiger partial charge is 0.180 e. The number of nitrogens with zero attached hydrogens (tertiary/aromatic N) is 1. The first-order valence-electron chi connectivity index (χ1n) is 6.86. The number of aromatic hydroxyl groups is 1. The molecule has 2 aromatic rings. The molecule has 0 aliphatic heterocycles. The highest BCUT2D eigenvalue weighted by molar-refractivity contribution is 9.10. The van der Waals surface area contributed by atoms with Crippen molar-refractivity contribution in [2.75, 3.05) is 0 Å². The van der Waals surface area contributed by atoms with E-state index in [2.05, 4.69) is 34.1 Å². The van der Waals surface area contributed by atoms with Gasteiger partial charge in [-0.05, 0) is 22.0 Å². The van der Waals surface area contributed by atoms with Crippen molar-refractivity contribution in [2.24, 2.45) is 0 Å². The summed E-state index contributed by atoms with van der Waals surface area (Å²) in [5, 5.41) is 11.1. The van der Waals surface area contributed by atoms with Crippen LogP contribution in [0.2, 0.25) is 0 Å². The Morgan fingerprint density at radius 1 is 1.09 bits per heavy atom. The van der Waals surface area contributed by atoms with Gasteiger partial charge >= 0.3 is 0 Å². The lowest BCUT2D eigenvalue weighted by Gasteiger charge is -2.13. The number of aromatic nitrogens is 1. The van der Waals surface area contributed by atoms with Gasteiger partial charge in [0.1, 0.15) is 11.6 Å². The molecule has 0 fully saturated rings. The number of benzene rings is 1. The van der Waals surface area contributed by atoms with Crippen LogP contribution in [0.5, 0.6) is 5.75 Å². The van der Waals surface area contributed by atoms with Gasteiger partial charge < -0.3 is 5.11 Å². The Morgan fingerprint density at radius 2 is 1.65 bits per heavy atom. The molecule has 0 bridgehead atoms. The van der Waals surface area contributed by atoms with Crippen molar-refractivity contribution in [3.8, 4) is 5.75 Å². The molecule has 1 aromatic heterocycles. The van der Waals surface area contributed by atoms with Gasteiger partial charge in [-0.3, -0.25) is 9.59 Å². The Bertz CT molecular complexity index is 897. The molecular formula is C18H12BrNO3. The van der Waals surface area contributed by atoms with Crippen LogP contribution in [-0.4, -0.2) is 21.7 Å². The zero-order chi connectivity index (χ0) is 16.7. The predicted molar refractivity (Wildman–Crippen MR) is 91.3 cm³/mol. The normalized spacial score (nSPS) is 15.5. The number of allylic oxidation sites excluding steroid dienone is 4. The van der Waals surface area contributed by atoms with E-state index >= 15 is 0 Å². The lowest BCUT2D eigenvalue weighted by molar-refractivity contribution is -0.123. The van der Waals surface area contributed by atoms with Crippen LogP contribution in [0.25, 0.3) is 10.9 Å². The monoisotopic (exact) mass is 369 g/mol. The third kappa shape index (κ3) is 2.16. The molecule has 0 spiro atoms. The first-order valence-corrected chi connectivity index (χ1v) is 7.65. The molecule has 5 heteroatoms. The van der Waals surface area contributed by atoms with E-state index in [1.807, 2.05) is 6.07 Å². The van der Waals surface area contributed by atoms with E-state index in [1.54, 1.807) is 18.2 Å². The second-order valence-corrected chi connectivity index (χ2v) is 5.87. The summed E-state index contributed by atoms with van der Waals surface area (Å²) in [5.41, 5.74) is 1.04. The summed E-state index contributed by atoms with van der Waals surface area (Å²) in [6.07, 6.45) is 2.68. The van der Waals surface area contributed by atoms with Gasteiger partial charge in [0.05, 0.1) is 9.99 Å². The number of ketones is 2. The molecule has 0 saturated carbocycles. The minimum Gasteiger partial charge on any atom is -0.505 e. The number of pyridine rings is 1.